The fourth-order valence-electron chi connectivity index (χ4n) is 2.72. The lowest BCUT2D eigenvalue weighted by atomic mass is 10.3. The standard InChI is InChI=1S/C20H29NS2/c1-5-7-14-22-19-16(3)21(18-12-10-9-11-13-18)17(4)20(19)23-15-8-6-2/h9-13H,5-8,14-15H2,1-4H3. The number of unbranched alkanes of at least 4 members (excludes halogenated alkanes) is 2. The molecule has 3 heteroatoms. The normalized spacial score (nSPS) is 11.1. The molecule has 0 amide bonds. The van der Waals surface area contributed by atoms with Gasteiger partial charge in [-0.05, 0) is 50.3 Å². The average Bonchev–Trinajstić information content (AvgIpc) is 2.80. The van der Waals surface area contributed by atoms with Gasteiger partial charge < -0.3 is 4.57 Å². The van der Waals surface area contributed by atoms with E-state index >= 15 is 0 Å². The molecular formula is C20H29NS2. The SMILES string of the molecule is CCCCSc1c(SCCCC)c(C)n(-c2ccccc2)c1C. The second kappa shape index (κ2) is 9.48. The van der Waals surface area contributed by atoms with Gasteiger partial charge in [-0.15, -0.1) is 23.5 Å². The molecule has 0 unspecified atom stereocenters. The van der Waals surface area contributed by atoms with Crippen LogP contribution in [0.4, 0.5) is 0 Å². The molecule has 0 aliphatic rings. The molecule has 0 aliphatic carbocycles. The van der Waals surface area contributed by atoms with Crippen LogP contribution < -0.4 is 0 Å². The van der Waals surface area contributed by atoms with Crippen LogP contribution in [0, 0.1) is 13.8 Å². The lowest BCUT2D eigenvalue weighted by Gasteiger charge is -2.09. The third-order valence-electron chi connectivity index (χ3n) is 4.04. The largest absolute Gasteiger partial charge is 0.316 e. The summed E-state index contributed by atoms with van der Waals surface area (Å²) in [5.41, 5.74) is 4.07. The van der Waals surface area contributed by atoms with Gasteiger partial charge in [0.15, 0.2) is 0 Å². The Morgan fingerprint density at radius 1 is 0.783 bits per heavy atom. The maximum absolute atomic E-state index is 2.43. The van der Waals surface area contributed by atoms with Gasteiger partial charge in [0.1, 0.15) is 0 Å². The van der Waals surface area contributed by atoms with E-state index in [9.17, 15) is 0 Å². The van der Waals surface area contributed by atoms with Crippen molar-refractivity contribution < 1.29 is 0 Å². The molecule has 126 valence electrons. The second-order valence-corrected chi connectivity index (χ2v) is 8.11. The van der Waals surface area contributed by atoms with Gasteiger partial charge in [-0.2, -0.15) is 0 Å². The number of thioether (sulfide) groups is 2. The van der Waals surface area contributed by atoms with Crippen LogP contribution in [-0.2, 0) is 0 Å². The minimum atomic E-state index is 1.22. The first-order valence-corrected chi connectivity index (χ1v) is 10.7. The summed E-state index contributed by atoms with van der Waals surface area (Å²) in [6.45, 7) is 9.09. The Balaban J connectivity index is 2.37. The zero-order valence-electron chi connectivity index (χ0n) is 14.9. The van der Waals surface area contributed by atoms with E-state index in [0.29, 0.717) is 0 Å². The van der Waals surface area contributed by atoms with Crippen LogP contribution in [0.3, 0.4) is 0 Å². The molecule has 0 bridgehead atoms. The van der Waals surface area contributed by atoms with Crippen molar-refractivity contribution in [3.05, 3.63) is 41.7 Å². The van der Waals surface area contributed by atoms with Gasteiger partial charge in [0.25, 0.3) is 0 Å². The van der Waals surface area contributed by atoms with Crippen LogP contribution in [0.5, 0.6) is 0 Å². The summed E-state index contributed by atoms with van der Waals surface area (Å²) in [5.74, 6) is 2.44. The molecule has 0 atom stereocenters. The van der Waals surface area contributed by atoms with Crippen molar-refractivity contribution in [2.24, 2.45) is 0 Å². The summed E-state index contributed by atoms with van der Waals surface area (Å²) in [4.78, 5) is 3.00. The van der Waals surface area contributed by atoms with Crippen molar-refractivity contribution in [3.8, 4) is 5.69 Å². The molecule has 0 aliphatic heterocycles. The molecule has 1 nitrogen and oxygen atoms in total. The smallest absolute Gasteiger partial charge is 0.0455 e. The molecule has 0 fully saturated rings. The van der Waals surface area contributed by atoms with Gasteiger partial charge in [0.05, 0.1) is 0 Å². The van der Waals surface area contributed by atoms with E-state index in [1.165, 1.54) is 64.1 Å². The molecule has 1 aromatic heterocycles. The Morgan fingerprint density at radius 3 is 1.70 bits per heavy atom. The zero-order valence-corrected chi connectivity index (χ0v) is 16.5. The van der Waals surface area contributed by atoms with Crippen molar-refractivity contribution in [2.45, 2.75) is 63.2 Å². The third kappa shape index (κ3) is 4.60. The average molecular weight is 348 g/mol. The predicted octanol–water partition coefficient (Wildman–Crippen LogP) is 6.88. The van der Waals surface area contributed by atoms with Crippen LogP contribution in [-0.4, -0.2) is 16.1 Å². The topological polar surface area (TPSA) is 4.93 Å². The number of benzene rings is 1. The van der Waals surface area contributed by atoms with Gasteiger partial charge in [0, 0.05) is 26.9 Å². The second-order valence-electron chi connectivity index (χ2n) is 5.90. The quantitative estimate of drug-likeness (QED) is 0.360. The number of para-hydroxylation sites is 1. The van der Waals surface area contributed by atoms with Gasteiger partial charge in [0.2, 0.25) is 0 Å². The molecule has 1 aromatic carbocycles. The van der Waals surface area contributed by atoms with Gasteiger partial charge in [-0.3, -0.25) is 0 Å². The number of rotatable bonds is 9. The fourth-order valence-corrected chi connectivity index (χ4v) is 5.51. The van der Waals surface area contributed by atoms with E-state index < -0.39 is 0 Å². The monoisotopic (exact) mass is 347 g/mol. The van der Waals surface area contributed by atoms with Crippen LogP contribution >= 0.6 is 23.5 Å². The first kappa shape index (κ1) is 18.5. The highest BCUT2D eigenvalue weighted by atomic mass is 32.2. The summed E-state index contributed by atoms with van der Waals surface area (Å²) < 4.78 is 2.43. The molecule has 0 radical (unpaired) electrons. The van der Waals surface area contributed by atoms with E-state index in [1.807, 2.05) is 23.5 Å². The van der Waals surface area contributed by atoms with Crippen molar-refractivity contribution in [3.63, 3.8) is 0 Å². The van der Waals surface area contributed by atoms with Crippen LogP contribution in [0.25, 0.3) is 5.69 Å². The van der Waals surface area contributed by atoms with E-state index in [4.69, 9.17) is 0 Å². The predicted molar refractivity (Wildman–Crippen MR) is 107 cm³/mol. The maximum atomic E-state index is 2.43. The highest BCUT2D eigenvalue weighted by molar-refractivity contribution is 8.02. The molecule has 0 N–H and O–H groups in total. The molecular weight excluding hydrogens is 318 g/mol. The van der Waals surface area contributed by atoms with Crippen molar-refractivity contribution in [1.82, 2.24) is 4.57 Å². The number of hydrogen-bond donors (Lipinski definition) is 0. The summed E-state index contributed by atoms with van der Waals surface area (Å²) >= 11 is 4.09. The van der Waals surface area contributed by atoms with Gasteiger partial charge in [-0.1, -0.05) is 44.9 Å². The highest BCUT2D eigenvalue weighted by Gasteiger charge is 2.19. The molecule has 23 heavy (non-hydrogen) atoms. The summed E-state index contributed by atoms with van der Waals surface area (Å²) in [5, 5.41) is 0. The zero-order chi connectivity index (χ0) is 16.7. The van der Waals surface area contributed by atoms with Crippen molar-refractivity contribution in [2.75, 3.05) is 11.5 Å². The number of hydrogen-bond acceptors (Lipinski definition) is 2. The van der Waals surface area contributed by atoms with E-state index in [1.54, 1.807) is 0 Å². The summed E-state index contributed by atoms with van der Waals surface area (Å²) in [7, 11) is 0. The summed E-state index contributed by atoms with van der Waals surface area (Å²) in [6, 6.07) is 10.8. The van der Waals surface area contributed by atoms with E-state index in [-0.39, 0.29) is 0 Å². The first-order valence-electron chi connectivity index (χ1n) is 8.73. The Labute approximate surface area is 150 Å². The number of aromatic nitrogens is 1. The van der Waals surface area contributed by atoms with Crippen LogP contribution in [0.2, 0.25) is 0 Å². The minimum Gasteiger partial charge on any atom is -0.316 e. The molecule has 1 heterocycles. The highest BCUT2D eigenvalue weighted by Crippen LogP contribution is 2.40. The molecule has 0 saturated heterocycles. The lowest BCUT2D eigenvalue weighted by molar-refractivity contribution is 0.893. The Morgan fingerprint density at radius 2 is 1.26 bits per heavy atom. The Hall–Kier alpha value is -0.800. The van der Waals surface area contributed by atoms with Crippen molar-refractivity contribution >= 4 is 23.5 Å². The minimum absolute atomic E-state index is 1.22. The molecule has 0 spiro atoms. The Kier molecular flexibility index (Phi) is 7.64. The van der Waals surface area contributed by atoms with Gasteiger partial charge in [-0.25, -0.2) is 0 Å². The maximum Gasteiger partial charge on any atom is 0.0455 e. The van der Waals surface area contributed by atoms with Crippen LogP contribution in [0.15, 0.2) is 40.1 Å². The third-order valence-corrected chi connectivity index (χ3v) is 6.73. The van der Waals surface area contributed by atoms with E-state index in [2.05, 4.69) is 62.6 Å². The fraction of sp³-hybridized carbons (Fsp3) is 0.500. The Bertz CT molecular complexity index is 568. The molecule has 2 rings (SSSR count). The van der Waals surface area contributed by atoms with Crippen LogP contribution in [0.1, 0.15) is 50.9 Å². The van der Waals surface area contributed by atoms with Gasteiger partial charge >= 0.3 is 0 Å². The lowest BCUT2D eigenvalue weighted by Crippen LogP contribution is -1.98. The van der Waals surface area contributed by atoms with E-state index in [0.717, 1.165) is 0 Å². The summed E-state index contributed by atoms with van der Waals surface area (Å²) in [6.07, 6.45) is 5.11. The molecule has 0 saturated carbocycles. The first-order chi connectivity index (χ1) is 11.2. The van der Waals surface area contributed by atoms with Crippen molar-refractivity contribution in [1.29, 1.82) is 0 Å². The molecule has 2 aromatic rings. The number of nitrogens with zero attached hydrogens (tertiary/aromatic N) is 1.